The minimum atomic E-state index is -4.67. The first-order chi connectivity index (χ1) is 19.3. The molecule has 1 N–H and O–H groups in total. The minimum absolute atomic E-state index is 0.00386. The Morgan fingerprint density at radius 1 is 1.24 bits per heavy atom. The number of alkyl carbamates (subject to hydrolysis) is 1. The zero-order valence-electron chi connectivity index (χ0n) is 22.8. The zero-order valence-corrected chi connectivity index (χ0v) is 24.4. The molecule has 8 nitrogen and oxygen atoms in total. The van der Waals surface area contributed by atoms with E-state index in [1.54, 1.807) is 37.8 Å². The lowest BCUT2D eigenvalue weighted by atomic mass is 10.1. The summed E-state index contributed by atoms with van der Waals surface area (Å²) in [5, 5.41) is 6.54. The molecule has 2 heterocycles. The van der Waals surface area contributed by atoms with Crippen molar-refractivity contribution >= 4 is 28.1 Å². The summed E-state index contributed by atoms with van der Waals surface area (Å²) in [6, 6.07) is 10.7. The van der Waals surface area contributed by atoms with Gasteiger partial charge in [-0.15, -0.1) is 0 Å². The van der Waals surface area contributed by atoms with Gasteiger partial charge in [-0.1, -0.05) is 45.9 Å². The maximum atomic E-state index is 13.9. The molecule has 1 fully saturated rings. The smallest absolute Gasteiger partial charge is 0.419 e. The summed E-state index contributed by atoms with van der Waals surface area (Å²) in [6.45, 7) is 9.68. The van der Waals surface area contributed by atoms with Crippen LogP contribution in [0.5, 0.6) is 5.75 Å². The Labute approximate surface area is 244 Å². The normalized spacial score (nSPS) is 15.8. The number of rotatable bonds is 8. The van der Waals surface area contributed by atoms with E-state index in [1.165, 1.54) is 12.1 Å². The largest absolute Gasteiger partial charge is 0.489 e. The standard InChI is InChI=1S/C29H30BrF3N4O4/c1-18(34-27(38)40-28(2,3)4)37-14-6-11-23(37)26-35-25(36-41-26)20-12-13-24(22(17-20)29(31,32)33)39-15-7-9-19-8-5-10-21(30)16-19/h5,7-10,12-13,16-17,23H,1,6,11,14-15H2,2-4H3,(H,34,38)/b9-7+/t23-/m0/s1. The number of carbonyl (C=O) groups excluding carboxylic acids is 1. The summed E-state index contributed by atoms with van der Waals surface area (Å²) in [5.74, 6) is 0.201. The molecule has 0 radical (unpaired) electrons. The molecular weight excluding hydrogens is 605 g/mol. The van der Waals surface area contributed by atoms with E-state index in [0.29, 0.717) is 18.8 Å². The molecule has 218 valence electrons. The van der Waals surface area contributed by atoms with Crippen LogP contribution in [0, 0.1) is 0 Å². The van der Waals surface area contributed by atoms with Gasteiger partial charge < -0.3 is 18.9 Å². The van der Waals surface area contributed by atoms with Crippen molar-refractivity contribution in [2.24, 2.45) is 0 Å². The monoisotopic (exact) mass is 634 g/mol. The van der Waals surface area contributed by atoms with E-state index in [0.717, 1.165) is 22.5 Å². The number of aromatic nitrogens is 2. The van der Waals surface area contributed by atoms with Crippen LogP contribution >= 0.6 is 15.9 Å². The Bertz CT molecular complexity index is 1430. The van der Waals surface area contributed by atoms with E-state index < -0.39 is 29.5 Å². The van der Waals surface area contributed by atoms with Gasteiger partial charge in [-0.05, 0) is 75.6 Å². The van der Waals surface area contributed by atoms with E-state index in [2.05, 4.69) is 38.0 Å². The van der Waals surface area contributed by atoms with E-state index >= 15 is 0 Å². The Morgan fingerprint density at radius 3 is 2.73 bits per heavy atom. The van der Waals surface area contributed by atoms with Crippen molar-refractivity contribution in [3.05, 3.63) is 82.4 Å². The molecule has 1 saturated heterocycles. The number of alkyl halides is 3. The van der Waals surface area contributed by atoms with E-state index in [4.69, 9.17) is 14.0 Å². The maximum absolute atomic E-state index is 13.9. The van der Waals surface area contributed by atoms with Crippen molar-refractivity contribution in [1.29, 1.82) is 0 Å². The fraction of sp³-hybridized carbons (Fsp3) is 0.345. The predicted octanol–water partition coefficient (Wildman–Crippen LogP) is 7.74. The van der Waals surface area contributed by atoms with Crippen LogP contribution in [0.1, 0.15) is 56.7 Å². The molecule has 1 aliphatic rings. The quantitative estimate of drug-likeness (QED) is 0.271. The van der Waals surface area contributed by atoms with Crippen molar-refractivity contribution in [2.75, 3.05) is 13.2 Å². The van der Waals surface area contributed by atoms with Crippen LogP contribution in [0.2, 0.25) is 0 Å². The average molecular weight is 635 g/mol. The van der Waals surface area contributed by atoms with E-state index in [1.807, 2.05) is 24.3 Å². The van der Waals surface area contributed by atoms with Crippen LogP contribution in [0.25, 0.3) is 17.5 Å². The van der Waals surface area contributed by atoms with Gasteiger partial charge in [0, 0.05) is 16.6 Å². The highest BCUT2D eigenvalue weighted by Gasteiger charge is 2.36. The molecule has 41 heavy (non-hydrogen) atoms. The lowest BCUT2D eigenvalue weighted by Crippen LogP contribution is -2.37. The maximum Gasteiger partial charge on any atom is 0.419 e. The van der Waals surface area contributed by atoms with Gasteiger partial charge >= 0.3 is 12.3 Å². The van der Waals surface area contributed by atoms with Crippen molar-refractivity contribution in [1.82, 2.24) is 20.4 Å². The first-order valence-corrected chi connectivity index (χ1v) is 13.6. The molecule has 3 aromatic rings. The van der Waals surface area contributed by atoms with Gasteiger partial charge in [-0.25, -0.2) is 4.79 Å². The molecule has 0 aliphatic carbocycles. The van der Waals surface area contributed by atoms with Crippen molar-refractivity contribution in [3.8, 4) is 17.1 Å². The van der Waals surface area contributed by atoms with Gasteiger partial charge in [0.1, 0.15) is 29.8 Å². The molecule has 1 aliphatic heterocycles. The number of carbonyl (C=O) groups is 1. The van der Waals surface area contributed by atoms with Crippen molar-refractivity contribution in [2.45, 2.75) is 51.4 Å². The lowest BCUT2D eigenvalue weighted by Gasteiger charge is -2.27. The Kier molecular flexibility index (Phi) is 9.11. The Morgan fingerprint density at radius 2 is 2.02 bits per heavy atom. The molecule has 4 rings (SSSR count). The molecule has 12 heteroatoms. The highest BCUT2D eigenvalue weighted by molar-refractivity contribution is 9.10. The summed E-state index contributed by atoms with van der Waals surface area (Å²) in [5.41, 5.74) is -0.621. The highest BCUT2D eigenvalue weighted by Crippen LogP contribution is 2.39. The van der Waals surface area contributed by atoms with Crippen LogP contribution in [-0.4, -0.2) is 39.9 Å². The number of benzene rings is 2. The molecule has 1 aromatic heterocycles. The van der Waals surface area contributed by atoms with Crippen molar-refractivity contribution < 1.29 is 32.0 Å². The summed E-state index contributed by atoms with van der Waals surface area (Å²) in [6.07, 6.45) is -0.524. The third-order valence-electron chi connectivity index (χ3n) is 6.01. The number of amides is 1. The summed E-state index contributed by atoms with van der Waals surface area (Å²) < 4.78 is 58.9. The Hall–Kier alpha value is -3.80. The Balaban J connectivity index is 1.47. The second kappa shape index (κ2) is 12.4. The summed E-state index contributed by atoms with van der Waals surface area (Å²) in [7, 11) is 0. The third-order valence-corrected chi connectivity index (χ3v) is 6.50. The fourth-order valence-corrected chi connectivity index (χ4v) is 4.69. The van der Waals surface area contributed by atoms with Gasteiger partial charge in [0.15, 0.2) is 0 Å². The van der Waals surface area contributed by atoms with E-state index in [9.17, 15) is 18.0 Å². The van der Waals surface area contributed by atoms with Gasteiger partial charge in [0.05, 0.1) is 5.56 Å². The number of hydrogen-bond acceptors (Lipinski definition) is 7. The minimum Gasteiger partial charge on any atom is -0.489 e. The molecule has 0 unspecified atom stereocenters. The van der Waals surface area contributed by atoms with Gasteiger partial charge in [-0.3, -0.25) is 5.32 Å². The number of nitrogens with zero attached hydrogens (tertiary/aromatic N) is 3. The highest BCUT2D eigenvalue weighted by atomic mass is 79.9. The van der Waals surface area contributed by atoms with Crippen LogP contribution in [0.15, 0.2) is 69.9 Å². The number of likely N-dealkylation sites (tertiary alicyclic amines) is 1. The van der Waals surface area contributed by atoms with Crippen molar-refractivity contribution in [3.63, 3.8) is 0 Å². The third kappa shape index (κ3) is 8.12. The van der Waals surface area contributed by atoms with Crippen LogP contribution in [-0.2, 0) is 10.9 Å². The topological polar surface area (TPSA) is 89.7 Å². The molecule has 0 saturated carbocycles. The first-order valence-electron chi connectivity index (χ1n) is 12.9. The van der Waals surface area contributed by atoms with Gasteiger partial charge in [-0.2, -0.15) is 18.2 Å². The van der Waals surface area contributed by atoms with Crippen LogP contribution in [0.3, 0.4) is 0 Å². The fourth-order valence-electron chi connectivity index (χ4n) is 4.28. The number of halogens is 4. The summed E-state index contributed by atoms with van der Waals surface area (Å²) in [4.78, 5) is 18.3. The average Bonchev–Trinajstić information content (AvgIpc) is 3.55. The van der Waals surface area contributed by atoms with Gasteiger partial charge in [0.2, 0.25) is 11.7 Å². The second-order valence-corrected chi connectivity index (χ2v) is 11.3. The molecule has 1 amide bonds. The number of nitrogens with one attached hydrogen (secondary N) is 1. The molecular formula is C29H30BrF3N4O4. The van der Waals surface area contributed by atoms with E-state index in [-0.39, 0.29) is 29.6 Å². The number of ether oxygens (including phenoxy) is 2. The predicted molar refractivity (Wildman–Crippen MR) is 151 cm³/mol. The van der Waals surface area contributed by atoms with Crippen LogP contribution in [0.4, 0.5) is 18.0 Å². The van der Waals surface area contributed by atoms with Crippen LogP contribution < -0.4 is 10.1 Å². The number of hydrogen-bond donors (Lipinski definition) is 1. The van der Waals surface area contributed by atoms with Gasteiger partial charge in [0.25, 0.3) is 0 Å². The molecule has 0 spiro atoms. The first kappa shape index (κ1) is 30.2. The SMILES string of the molecule is C=C(NC(=O)OC(C)(C)C)N1CCC[C@H]1c1nc(-c2ccc(OC/C=C/c3cccc(Br)c3)c(C(F)(F)F)c2)no1. The summed E-state index contributed by atoms with van der Waals surface area (Å²) >= 11 is 3.38. The molecule has 2 aromatic carbocycles. The molecule has 0 bridgehead atoms. The second-order valence-electron chi connectivity index (χ2n) is 10.4. The zero-order chi connectivity index (χ0) is 29.8. The lowest BCUT2D eigenvalue weighted by molar-refractivity contribution is -0.138. The molecule has 1 atom stereocenters.